The molecule has 0 amide bonds. The van der Waals surface area contributed by atoms with Gasteiger partial charge in [0.05, 0.1) is 12.0 Å². The summed E-state index contributed by atoms with van der Waals surface area (Å²) in [6.07, 6.45) is 5.52. The minimum Gasteiger partial charge on any atom is -0.465 e. The van der Waals surface area contributed by atoms with E-state index >= 15 is 0 Å². The predicted molar refractivity (Wildman–Crippen MR) is 127 cm³/mol. The molecule has 0 aliphatic heterocycles. The van der Waals surface area contributed by atoms with Crippen LogP contribution in [-0.4, -0.2) is 46.9 Å². The number of ether oxygens (including phenoxy) is 1. The maximum Gasteiger partial charge on any atom is 0.302 e. The minimum absolute atomic E-state index is 0.201. The fourth-order valence-electron chi connectivity index (χ4n) is 3.51. The molecule has 0 saturated carbocycles. The van der Waals surface area contributed by atoms with Gasteiger partial charge in [-0.15, -0.1) is 15.7 Å². The largest absolute Gasteiger partial charge is 0.465 e. The quantitative estimate of drug-likeness (QED) is 0.338. The highest BCUT2D eigenvalue weighted by atomic mass is 28.3. The summed E-state index contributed by atoms with van der Waals surface area (Å²) in [7, 11) is -1.39. The number of rotatable bonds is 6. The molecule has 8 nitrogen and oxygen atoms in total. The van der Waals surface area contributed by atoms with Gasteiger partial charge in [0, 0.05) is 30.9 Å². The molecule has 1 N–H and O–H groups in total. The van der Waals surface area contributed by atoms with Crippen molar-refractivity contribution in [1.29, 1.82) is 0 Å². The Hall–Kier alpha value is -3.51. The van der Waals surface area contributed by atoms with Gasteiger partial charge in [-0.3, -0.25) is 4.79 Å². The van der Waals surface area contributed by atoms with E-state index in [1.54, 1.807) is 12.4 Å². The molecule has 1 atom stereocenters. The van der Waals surface area contributed by atoms with Gasteiger partial charge in [0.2, 0.25) is 11.8 Å². The molecule has 1 aromatic carbocycles. The lowest BCUT2D eigenvalue weighted by atomic mass is 10.1. The van der Waals surface area contributed by atoms with Crippen LogP contribution in [0.2, 0.25) is 19.6 Å². The van der Waals surface area contributed by atoms with Crippen LogP contribution < -0.4 is 5.32 Å². The van der Waals surface area contributed by atoms with Crippen LogP contribution in [0.5, 0.6) is 0 Å². The Bertz CT molecular complexity index is 1210. The third kappa shape index (κ3) is 6.26. The van der Waals surface area contributed by atoms with Crippen molar-refractivity contribution in [2.24, 2.45) is 0 Å². The van der Waals surface area contributed by atoms with Gasteiger partial charge in [-0.25, -0.2) is 9.97 Å². The van der Waals surface area contributed by atoms with Crippen LogP contribution in [0.4, 0.5) is 5.95 Å². The molecule has 0 spiro atoms. The highest BCUT2D eigenvalue weighted by Gasteiger charge is 2.22. The summed E-state index contributed by atoms with van der Waals surface area (Å²) < 4.78 is 10.5. The van der Waals surface area contributed by atoms with Crippen molar-refractivity contribution >= 4 is 20.0 Å². The molecule has 0 bridgehead atoms. The molecule has 0 fully saturated rings. The second kappa shape index (κ2) is 9.54. The summed E-state index contributed by atoms with van der Waals surface area (Å²) in [5, 5.41) is 11.4. The van der Waals surface area contributed by atoms with Gasteiger partial charge >= 0.3 is 5.97 Å². The van der Waals surface area contributed by atoms with Gasteiger partial charge in [-0.05, 0) is 36.1 Å². The number of carbonyl (C=O) groups excluding carboxylic acids is 1. The van der Waals surface area contributed by atoms with Gasteiger partial charge in [0.15, 0.2) is 0 Å². The number of esters is 1. The molecule has 4 rings (SSSR count). The Balaban J connectivity index is 1.35. The van der Waals surface area contributed by atoms with E-state index in [1.165, 1.54) is 18.1 Å². The summed E-state index contributed by atoms with van der Waals surface area (Å²) >= 11 is 0. The normalized spacial score (nSPS) is 14.8. The third-order valence-electron chi connectivity index (χ3n) is 5.04. The number of hydrogen-bond donors (Lipinski definition) is 1. The Kier molecular flexibility index (Phi) is 6.56. The van der Waals surface area contributed by atoms with E-state index in [9.17, 15) is 4.79 Å². The van der Waals surface area contributed by atoms with Crippen LogP contribution in [0.3, 0.4) is 0 Å². The number of nitrogens with one attached hydrogen (secondary N) is 1. The van der Waals surface area contributed by atoms with Gasteiger partial charge in [0.25, 0.3) is 5.89 Å². The van der Waals surface area contributed by atoms with E-state index in [0.717, 1.165) is 18.4 Å². The summed E-state index contributed by atoms with van der Waals surface area (Å²) in [4.78, 5) is 19.7. The molecule has 0 radical (unpaired) electrons. The molecule has 33 heavy (non-hydrogen) atoms. The molecule has 2 heterocycles. The van der Waals surface area contributed by atoms with E-state index in [2.05, 4.69) is 74.8 Å². The smallest absolute Gasteiger partial charge is 0.302 e. The molecule has 2 aromatic heterocycles. The van der Waals surface area contributed by atoms with Crippen molar-refractivity contribution < 1.29 is 13.9 Å². The molecular formula is C24H27N5O3Si. The van der Waals surface area contributed by atoms with Crippen LogP contribution in [0.1, 0.15) is 29.5 Å². The monoisotopic (exact) mass is 461 g/mol. The fourth-order valence-corrected chi connectivity index (χ4v) is 4.03. The topological polar surface area (TPSA) is 103 Å². The average molecular weight is 462 g/mol. The van der Waals surface area contributed by atoms with Crippen molar-refractivity contribution in [2.75, 3.05) is 11.9 Å². The molecule has 1 aliphatic carbocycles. The minimum atomic E-state index is -1.39. The maximum absolute atomic E-state index is 10.8. The Morgan fingerprint density at radius 1 is 1.18 bits per heavy atom. The molecule has 1 aliphatic rings. The summed E-state index contributed by atoms with van der Waals surface area (Å²) in [5.74, 6) is 4.29. The lowest BCUT2D eigenvalue weighted by molar-refractivity contribution is -0.140. The number of hydrogen-bond acceptors (Lipinski definition) is 8. The van der Waals surface area contributed by atoms with E-state index in [0.29, 0.717) is 29.7 Å². The maximum atomic E-state index is 10.8. The molecule has 170 valence electrons. The number of carbonyl (C=O) groups is 1. The number of aromatic nitrogens is 4. The van der Waals surface area contributed by atoms with Crippen molar-refractivity contribution in [3.63, 3.8) is 0 Å². The van der Waals surface area contributed by atoms with Gasteiger partial charge in [-0.2, -0.15) is 0 Å². The summed E-state index contributed by atoms with van der Waals surface area (Å²) in [6.45, 7) is 8.31. The summed E-state index contributed by atoms with van der Waals surface area (Å²) in [6, 6.07) is 6.75. The van der Waals surface area contributed by atoms with Crippen molar-refractivity contribution in [2.45, 2.75) is 51.9 Å². The zero-order valence-corrected chi connectivity index (χ0v) is 20.3. The first-order chi connectivity index (χ1) is 15.7. The molecule has 1 unspecified atom stereocenters. The SMILES string of the molecule is CC(=O)OCCc1nnc(-c2cnc(NC3Cc4ccc(C#C[Si](C)(C)C)cc4C3)nc2)o1. The highest BCUT2D eigenvalue weighted by molar-refractivity contribution is 6.83. The molecule has 0 saturated heterocycles. The zero-order valence-electron chi connectivity index (χ0n) is 19.3. The molecule has 3 aromatic rings. The number of anilines is 1. The first-order valence-corrected chi connectivity index (χ1v) is 14.4. The lowest BCUT2D eigenvalue weighted by Gasteiger charge is -2.11. The van der Waals surface area contributed by atoms with Crippen LogP contribution in [0.25, 0.3) is 11.5 Å². The first-order valence-electron chi connectivity index (χ1n) is 10.9. The van der Waals surface area contributed by atoms with Gasteiger partial charge in [-0.1, -0.05) is 31.6 Å². The second-order valence-electron chi connectivity index (χ2n) is 9.12. The number of benzene rings is 1. The van der Waals surface area contributed by atoms with Crippen molar-refractivity contribution in [3.05, 3.63) is 53.2 Å². The van der Waals surface area contributed by atoms with E-state index < -0.39 is 8.07 Å². The van der Waals surface area contributed by atoms with Gasteiger partial charge in [0.1, 0.15) is 14.7 Å². The summed E-state index contributed by atoms with van der Waals surface area (Å²) in [5.41, 5.74) is 7.82. The second-order valence-corrected chi connectivity index (χ2v) is 13.9. The van der Waals surface area contributed by atoms with Gasteiger partial charge < -0.3 is 14.5 Å². The third-order valence-corrected chi connectivity index (χ3v) is 5.92. The molecule has 9 heteroatoms. The highest BCUT2D eigenvalue weighted by Crippen LogP contribution is 2.25. The average Bonchev–Trinajstić information content (AvgIpc) is 3.38. The van der Waals surface area contributed by atoms with Crippen LogP contribution in [0.15, 0.2) is 35.0 Å². The molecular weight excluding hydrogens is 434 g/mol. The van der Waals surface area contributed by atoms with E-state index in [-0.39, 0.29) is 18.6 Å². The standard InChI is InChI=1S/C24H27N5O3Si/c1-16(30)31-9-7-22-28-29-23(32-22)20-14-25-24(26-15-20)27-21-12-18-6-5-17(11-19(18)13-21)8-10-33(2,3)4/h5-6,11,14-15,21H,7,9,12-13H2,1-4H3,(H,25,26,27). The predicted octanol–water partition coefficient (Wildman–Crippen LogP) is 3.44. The zero-order chi connectivity index (χ0) is 23.4. The van der Waals surface area contributed by atoms with Crippen molar-refractivity contribution in [3.8, 4) is 22.9 Å². The lowest BCUT2D eigenvalue weighted by Crippen LogP contribution is -2.20. The fraction of sp³-hybridized carbons (Fsp3) is 0.375. The van der Waals surface area contributed by atoms with Crippen LogP contribution >= 0.6 is 0 Å². The van der Waals surface area contributed by atoms with Crippen LogP contribution in [0, 0.1) is 11.5 Å². The number of fused-ring (bicyclic) bond motifs is 1. The van der Waals surface area contributed by atoms with Crippen LogP contribution in [-0.2, 0) is 28.8 Å². The first kappa shape index (κ1) is 22.7. The Morgan fingerprint density at radius 3 is 2.67 bits per heavy atom. The van der Waals surface area contributed by atoms with Crippen molar-refractivity contribution in [1.82, 2.24) is 20.2 Å². The number of nitrogens with zero attached hydrogens (tertiary/aromatic N) is 4. The Labute approximate surface area is 194 Å². The Morgan fingerprint density at radius 2 is 1.94 bits per heavy atom. The van der Waals surface area contributed by atoms with E-state index in [1.807, 2.05) is 0 Å². The van der Waals surface area contributed by atoms with E-state index in [4.69, 9.17) is 9.15 Å².